The van der Waals surface area contributed by atoms with Gasteiger partial charge in [-0.2, -0.15) is 0 Å². The van der Waals surface area contributed by atoms with Crippen LogP contribution in [0.25, 0.3) is 0 Å². The molecule has 1 atom stereocenters. The minimum Gasteiger partial charge on any atom is -0.507 e. The van der Waals surface area contributed by atoms with Crippen LogP contribution < -0.4 is 0 Å². The minimum atomic E-state index is -1.10. The fourth-order valence-electron chi connectivity index (χ4n) is 0.949. The Morgan fingerprint density at radius 2 is 2.07 bits per heavy atom. The summed E-state index contributed by atoms with van der Waals surface area (Å²) in [5.74, 6) is -0.915. The SMILES string of the molecule is O=C(OC[C@@H](O)CO)c1ccccc1O. The highest BCUT2D eigenvalue weighted by Gasteiger charge is 2.13. The Morgan fingerprint density at radius 1 is 1.40 bits per heavy atom. The van der Waals surface area contributed by atoms with E-state index in [1.807, 2.05) is 0 Å². The summed E-state index contributed by atoms with van der Waals surface area (Å²) in [5, 5.41) is 26.7. The average Bonchev–Trinajstić information content (AvgIpc) is 2.26. The molecule has 5 heteroatoms. The molecule has 1 aromatic carbocycles. The van der Waals surface area contributed by atoms with Gasteiger partial charge >= 0.3 is 5.97 Å². The van der Waals surface area contributed by atoms with Crippen molar-refractivity contribution >= 4 is 5.97 Å². The molecule has 0 unspecified atom stereocenters. The number of carbonyl (C=O) groups excluding carboxylic acids is 1. The molecule has 0 fully saturated rings. The molecule has 0 bridgehead atoms. The van der Waals surface area contributed by atoms with Crippen molar-refractivity contribution in [3.8, 4) is 5.75 Å². The Bertz CT molecular complexity index is 336. The third-order valence-electron chi connectivity index (χ3n) is 1.74. The normalized spacial score (nSPS) is 12.1. The summed E-state index contributed by atoms with van der Waals surface area (Å²) in [7, 11) is 0. The molecular formula is C10H12O5. The fourth-order valence-corrected chi connectivity index (χ4v) is 0.949. The highest BCUT2D eigenvalue weighted by atomic mass is 16.5. The van der Waals surface area contributed by atoms with Crippen LogP contribution >= 0.6 is 0 Å². The van der Waals surface area contributed by atoms with E-state index in [9.17, 15) is 9.90 Å². The molecule has 3 N–H and O–H groups in total. The summed E-state index contributed by atoms with van der Waals surface area (Å²) < 4.78 is 4.65. The van der Waals surface area contributed by atoms with Gasteiger partial charge in [0.2, 0.25) is 0 Å². The maximum Gasteiger partial charge on any atom is 0.342 e. The number of ether oxygens (including phenoxy) is 1. The van der Waals surface area contributed by atoms with E-state index in [2.05, 4.69) is 4.74 Å². The molecular weight excluding hydrogens is 200 g/mol. The second kappa shape index (κ2) is 5.33. The van der Waals surface area contributed by atoms with E-state index in [0.29, 0.717) is 0 Å². The maximum atomic E-state index is 11.3. The van der Waals surface area contributed by atoms with Gasteiger partial charge in [-0.05, 0) is 12.1 Å². The summed E-state index contributed by atoms with van der Waals surface area (Å²) in [5.41, 5.74) is 0.0302. The number of para-hydroxylation sites is 1. The van der Waals surface area contributed by atoms with Crippen LogP contribution in [0.3, 0.4) is 0 Å². The number of aliphatic hydroxyl groups excluding tert-OH is 2. The first-order chi connectivity index (χ1) is 7.15. The molecule has 1 rings (SSSR count). The van der Waals surface area contributed by atoms with Gasteiger partial charge < -0.3 is 20.1 Å². The van der Waals surface area contributed by atoms with E-state index in [1.54, 1.807) is 12.1 Å². The summed E-state index contributed by atoms with van der Waals surface area (Å²) in [6, 6.07) is 5.93. The Morgan fingerprint density at radius 3 is 2.67 bits per heavy atom. The van der Waals surface area contributed by atoms with Crippen molar-refractivity contribution in [2.24, 2.45) is 0 Å². The number of phenols is 1. The zero-order valence-electron chi connectivity index (χ0n) is 7.96. The third-order valence-corrected chi connectivity index (χ3v) is 1.74. The molecule has 0 saturated carbocycles. The van der Waals surface area contributed by atoms with Gasteiger partial charge in [0, 0.05) is 0 Å². The quantitative estimate of drug-likeness (QED) is 0.607. The first kappa shape index (κ1) is 11.5. The molecule has 1 aromatic rings. The molecule has 0 aliphatic heterocycles. The second-order valence-electron chi connectivity index (χ2n) is 2.95. The topological polar surface area (TPSA) is 87.0 Å². The van der Waals surface area contributed by atoms with Gasteiger partial charge in [-0.3, -0.25) is 0 Å². The van der Waals surface area contributed by atoms with Crippen LogP contribution in [0.2, 0.25) is 0 Å². The van der Waals surface area contributed by atoms with Crippen molar-refractivity contribution in [2.45, 2.75) is 6.10 Å². The monoisotopic (exact) mass is 212 g/mol. The lowest BCUT2D eigenvalue weighted by Gasteiger charge is -2.08. The van der Waals surface area contributed by atoms with Gasteiger partial charge in [0.25, 0.3) is 0 Å². The Hall–Kier alpha value is -1.59. The number of rotatable bonds is 4. The molecule has 15 heavy (non-hydrogen) atoms. The van der Waals surface area contributed by atoms with Crippen molar-refractivity contribution in [3.63, 3.8) is 0 Å². The van der Waals surface area contributed by atoms with E-state index >= 15 is 0 Å². The molecule has 82 valence electrons. The van der Waals surface area contributed by atoms with E-state index in [1.165, 1.54) is 12.1 Å². The van der Waals surface area contributed by atoms with Crippen LogP contribution in [-0.2, 0) is 4.74 Å². The smallest absolute Gasteiger partial charge is 0.342 e. The van der Waals surface area contributed by atoms with Crippen LogP contribution in [0, 0.1) is 0 Å². The van der Waals surface area contributed by atoms with Crippen LogP contribution in [0.1, 0.15) is 10.4 Å². The van der Waals surface area contributed by atoms with Gasteiger partial charge in [0.05, 0.1) is 6.61 Å². The minimum absolute atomic E-state index is 0.0302. The first-order valence-electron chi connectivity index (χ1n) is 4.39. The van der Waals surface area contributed by atoms with Gasteiger partial charge in [-0.15, -0.1) is 0 Å². The summed E-state index contributed by atoms with van der Waals surface area (Å²) >= 11 is 0. The van der Waals surface area contributed by atoms with Crippen LogP contribution in [-0.4, -0.2) is 40.6 Å². The molecule has 0 spiro atoms. The zero-order valence-corrected chi connectivity index (χ0v) is 7.96. The molecule has 0 aliphatic rings. The highest BCUT2D eigenvalue weighted by Crippen LogP contribution is 2.16. The average molecular weight is 212 g/mol. The highest BCUT2D eigenvalue weighted by molar-refractivity contribution is 5.92. The summed E-state index contributed by atoms with van der Waals surface area (Å²) in [6.45, 7) is -0.780. The van der Waals surface area contributed by atoms with Crippen molar-refractivity contribution < 1.29 is 24.9 Å². The standard InChI is InChI=1S/C10H12O5/c11-5-7(12)6-15-10(14)8-3-1-2-4-9(8)13/h1-4,7,11-13H,5-6H2/t7-/m0/s1. The second-order valence-corrected chi connectivity index (χ2v) is 2.95. The van der Waals surface area contributed by atoms with Gasteiger partial charge in [0.1, 0.15) is 24.0 Å². The number of aromatic hydroxyl groups is 1. The number of hydrogen-bond acceptors (Lipinski definition) is 5. The number of esters is 1. The van der Waals surface area contributed by atoms with Gasteiger partial charge in [-0.1, -0.05) is 12.1 Å². The molecule has 0 amide bonds. The molecule has 0 aliphatic carbocycles. The van der Waals surface area contributed by atoms with E-state index in [0.717, 1.165) is 0 Å². The molecule has 0 radical (unpaired) electrons. The van der Waals surface area contributed by atoms with Crippen LogP contribution in [0.15, 0.2) is 24.3 Å². The summed E-state index contributed by atoms with van der Waals surface area (Å²) in [6.07, 6.45) is -1.10. The van der Waals surface area contributed by atoms with Crippen molar-refractivity contribution in [3.05, 3.63) is 29.8 Å². The van der Waals surface area contributed by atoms with Crippen molar-refractivity contribution in [1.82, 2.24) is 0 Å². The van der Waals surface area contributed by atoms with Gasteiger partial charge in [0.15, 0.2) is 0 Å². The first-order valence-corrected chi connectivity index (χ1v) is 4.39. The van der Waals surface area contributed by atoms with Gasteiger partial charge in [-0.25, -0.2) is 4.79 Å². The largest absolute Gasteiger partial charge is 0.507 e. The fraction of sp³-hybridized carbons (Fsp3) is 0.300. The number of phenolic OH excluding ortho intramolecular Hbond substituents is 1. The Balaban J connectivity index is 2.58. The lowest BCUT2D eigenvalue weighted by atomic mass is 10.2. The van der Waals surface area contributed by atoms with E-state index in [4.69, 9.17) is 10.2 Å². The van der Waals surface area contributed by atoms with Crippen molar-refractivity contribution in [1.29, 1.82) is 0 Å². The predicted octanol–water partition coefficient (Wildman–Crippen LogP) is -0.0978. The zero-order chi connectivity index (χ0) is 11.3. The maximum absolute atomic E-state index is 11.3. The molecule has 0 saturated heterocycles. The number of carbonyl (C=O) groups is 1. The number of hydrogen-bond donors (Lipinski definition) is 3. The number of aliphatic hydroxyl groups is 2. The molecule has 0 heterocycles. The lowest BCUT2D eigenvalue weighted by Crippen LogP contribution is -2.21. The van der Waals surface area contributed by atoms with Crippen molar-refractivity contribution in [2.75, 3.05) is 13.2 Å². The third kappa shape index (κ3) is 3.23. The van der Waals surface area contributed by atoms with E-state index < -0.39 is 18.7 Å². The lowest BCUT2D eigenvalue weighted by molar-refractivity contribution is 0.00913. The van der Waals surface area contributed by atoms with E-state index in [-0.39, 0.29) is 17.9 Å². The van der Waals surface area contributed by atoms with Crippen LogP contribution in [0.5, 0.6) is 5.75 Å². The summed E-state index contributed by atoms with van der Waals surface area (Å²) in [4.78, 5) is 11.3. The Kier molecular flexibility index (Phi) is 4.08. The Labute approximate surface area is 86.5 Å². The predicted molar refractivity (Wildman–Crippen MR) is 51.5 cm³/mol. The number of benzene rings is 1. The molecule has 0 aromatic heterocycles. The van der Waals surface area contributed by atoms with Crippen LogP contribution in [0.4, 0.5) is 0 Å². The molecule has 5 nitrogen and oxygen atoms in total.